The number of esters is 3. The van der Waals surface area contributed by atoms with Crippen molar-refractivity contribution in [2.24, 2.45) is 0 Å². The van der Waals surface area contributed by atoms with E-state index in [4.69, 9.17) is 14.2 Å². The van der Waals surface area contributed by atoms with E-state index in [1.807, 2.05) is 0 Å². The van der Waals surface area contributed by atoms with Gasteiger partial charge in [-0.15, -0.1) is 0 Å². The predicted octanol–water partition coefficient (Wildman–Crippen LogP) is 18.8. The van der Waals surface area contributed by atoms with Crippen LogP contribution < -0.4 is 0 Å². The number of hydrogen-bond acceptors (Lipinski definition) is 6. The average Bonchev–Trinajstić information content (AvgIpc) is 3.33. The zero-order chi connectivity index (χ0) is 48.6. The molecule has 0 rings (SSSR count). The van der Waals surface area contributed by atoms with Crippen LogP contribution in [0.1, 0.15) is 265 Å². The summed E-state index contributed by atoms with van der Waals surface area (Å²) in [6, 6.07) is 0. The zero-order valence-corrected chi connectivity index (χ0v) is 43.9. The van der Waals surface area contributed by atoms with Crippen molar-refractivity contribution in [3.63, 3.8) is 0 Å². The Morgan fingerprint density at radius 2 is 0.582 bits per heavy atom. The summed E-state index contributed by atoms with van der Waals surface area (Å²) in [5, 5.41) is 0. The van der Waals surface area contributed by atoms with Crippen molar-refractivity contribution in [2.45, 2.75) is 271 Å². The molecule has 0 spiro atoms. The third-order valence-corrected chi connectivity index (χ3v) is 11.9. The molecule has 0 aromatic rings. The van der Waals surface area contributed by atoms with Gasteiger partial charge in [0.25, 0.3) is 0 Å². The zero-order valence-electron chi connectivity index (χ0n) is 43.9. The van der Waals surface area contributed by atoms with Crippen molar-refractivity contribution in [1.82, 2.24) is 0 Å². The molecule has 1 atom stereocenters. The summed E-state index contributed by atoms with van der Waals surface area (Å²) in [7, 11) is 0. The van der Waals surface area contributed by atoms with Crippen LogP contribution in [0.25, 0.3) is 0 Å². The highest BCUT2D eigenvalue weighted by atomic mass is 16.6. The number of rotatable bonds is 50. The van der Waals surface area contributed by atoms with Crippen molar-refractivity contribution in [3.05, 3.63) is 85.1 Å². The molecule has 67 heavy (non-hydrogen) atoms. The van der Waals surface area contributed by atoms with Gasteiger partial charge in [-0.25, -0.2) is 0 Å². The lowest BCUT2D eigenvalue weighted by Gasteiger charge is -2.18. The van der Waals surface area contributed by atoms with Gasteiger partial charge in [0.1, 0.15) is 13.2 Å². The van der Waals surface area contributed by atoms with Gasteiger partial charge in [-0.05, 0) is 96.3 Å². The van der Waals surface area contributed by atoms with Crippen LogP contribution >= 0.6 is 0 Å². The number of unbranched alkanes of at least 4 members (excludes halogenated alkanes) is 25. The molecule has 0 fully saturated rings. The maximum Gasteiger partial charge on any atom is 0.306 e. The van der Waals surface area contributed by atoms with Gasteiger partial charge in [-0.2, -0.15) is 0 Å². The van der Waals surface area contributed by atoms with E-state index < -0.39 is 6.10 Å². The minimum absolute atomic E-state index is 0.0873. The second-order valence-corrected chi connectivity index (χ2v) is 18.5. The first kappa shape index (κ1) is 63.6. The molecule has 0 saturated heterocycles. The lowest BCUT2D eigenvalue weighted by Crippen LogP contribution is -2.30. The van der Waals surface area contributed by atoms with Crippen molar-refractivity contribution in [1.29, 1.82) is 0 Å². The van der Waals surface area contributed by atoms with Gasteiger partial charge in [0.05, 0.1) is 0 Å². The lowest BCUT2D eigenvalue weighted by atomic mass is 10.1. The second-order valence-electron chi connectivity index (χ2n) is 18.5. The van der Waals surface area contributed by atoms with E-state index in [-0.39, 0.29) is 31.1 Å². The summed E-state index contributed by atoms with van der Waals surface area (Å²) in [6.07, 6.45) is 71.4. The molecular formula is C61H104O6. The Hall–Kier alpha value is -3.41. The number of allylic oxidation sites excluding steroid dienone is 14. The first-order valence-electron chi connectivity index (χ1n) is 28.1. The molecule has 0 unspecified atom stereocenters. The predicted molar refractivity (Wildman–Crippen MR) is 288 cm³/mol. The SMILES string of the molecule is CC/C=C\C/C=C\C/C=C\C/C=C\C/C=C\CCCCCC(=O)OC[C@@H](COC(=O)CCCCCCCCCCCCC)OC(=O)CCCCCCCCCCC/C=C\C/C=C\CCCCC. The fraction of sp³-hybridized carbons (Fsp3) is 0.721. The van der Waals surface area contributed by atoms with Crippen LogP contribution in [-0.4, -0.2) is 37.2 Å². The fourth-order valence-corrected chi connectivity index (χ4v) is 7.68. The topological polar surface area (TPSA) is 78.9 Å². The van der Waals surface area contributed by atoms with E-state index in [0.29, 0.717) is 19.3 Å². The van der Waals surface area contributed by atoms with Gasteiger partial charge in [0, 0.05) is 19.3 Å². The van der Waals surface area contributed by atoms with Crippen LogP contribution in [0.2, 0.25) is 0 Å². The summed E-state index contributed by atoms with van der Waals surface area (Å²) >= 11 is 0. The Bertz CT molecular complexity index is 1300. The van der Waals surface area contributed by atoms with E-state index in [1.165, 1.54) is 122 Å². The Morgan fingerprint density at radius 1 is 0.313 bits per heavy atom. The molecule has 0 aromatic carbocycles. The maximum absolute atomic E-state index is 12.8. The first-order valence-corrected chi connectivity index (χ1v) is 28.1. The summed E-state index contributed by atoms with van der Waals surface area (Å²) in [5.74, 6) is -0.921. The summed E-state index contributed by atoms with van der Waals surface area (Å²) in [6.45, 7) is 6.47. The molecule has 0 N–H and O–H groups in total. The molecule has 0 heterocycles. The monoisotopic (exact) mass is 933 g/mol. The minimum atomic E-state index is -0.791. The molecule has 0 saturated carbocycles. The standard InChI is InChI=1S/C61H104O6/c1-4-7-10-13-16-19-22-24-26-28-30-32-34-36-39-42-45-48-51-54-60(63)66-57-58(56-65-59(62)53-50-47-44-41-38-21-18-15-12-9-6-3)67-61(64)55-52-49-46-43-40-37-35-33-31-29-27-25-23-20-17-14-11-8-5-2/h7,10,16-17,19-20,24-27,30,32,36,39,58H,4-6,8-9,11-15,18,21-23,28-29,31,33-35,37-38,40-57H2,1-3H3/b10-7-,19-16-,20-17-,26-24-,27-25-,32-30-,39-36-/t58-/m1/s1. The van der Waals surface area contributed by atoms with Gasteiger partial charge in [-0.1, -0.05) is 234 Å². The van der Waals surface area contributed by atoms with Crippen molar-refractivity contribution < 1.29 is 28.6 Å². The second kappa shape index (κ2) is 55.2. The van der Waals surface area contributed by atoms with Gasteiger partial charge >= 0.3 is 17.9 Å². The van der Waals surface area contributed by atoms with Gasteiger partial charge < -0.3 is 14.2 Å². The summed E-state index contributed by atoms with van der Waals surface area (Å²) in [4.78, 5) is 38.1. The van der Waals surface area contributed by atoms with E-state index in [2.05, 4.69) is 106 Å². The molecule has 0 aliphatic carbocycles. The normalized spacial score (nSPS) is 12.7. The van der Waals surface area contributed by atoms with Crippen LogP contribution in [0, 0.1) is 0 Å². The number of carbonyl (C=O) groups is 3. The molecule has 0 bridgehead atoms. The fourth-order valence-electron chi connectivity index (χ4n) is 7.68. The highest BCUT2D eigenvalue weighted by Gasteiger charge is 2.19. The van der Waals surface area contributed by atoms with Gasteiger partial charge in [0.15, 0.2) is 6.10 Å². The molecule has 384 valence electrons. The van der Waals surface area contributed by atoms with Crippen molar-refractivity contribution in [3.8, 4) is 0 Å². The van der Waals surface area contributed by atoms with Crippen molar-refractivity contribution in [2.75, 3.05) is 13.2 Å². The highest BCUT2D eigenvalue weighted by Crippen LogP contribution is 2.15. The number of carbonyl (C=O) groups excluding carboxylic acids is 3. The van der Waals surface area contributed by atoms with Crippen LogP contribution in [-0.2, 0) is 28.6 Å². The van der Waals surface area contributed by atoms with E-state index >= 15 is 0 Å². The number of ether oxygens (including phenoxy) is 3. The molecule has 0 aromatic heterocycles. The molecule has 6 nitrogen and oxygen atoms in total. The first-order chi connectivity index (χ1) is 33.0. The van der Waals surface area contributed by atoms with Crippen LogP contribution in [0.4, 0.5) is 0 Å². The molecule has 0 radical (unpaired) electrons. The van der Waals surface area contributed by atoms with Gasteiger partial charge in [-0.3, -0.25) is 14.4 Å². The smallest absolute Gasteiger partial charge is 0.306 e. The molecule has 6 heteroatoms. The molecular weight excluding hydrogens is 829 g/mol. The summed E-state index contributed by atoms with van der Waals surface area (Å²) in [5.41, 5.74) is 0. The Kier molecular flexibility index (Phi) is 52.4. The maximum atomic E-state index is 12.8. The largest absolute Gasteiger partial charge is 0.462 e. The average molecular weight is 933 g/mol. The summed E-state index contributed by atoms with van der Waals surface area (Å²) < 4.78 is 16.8. The number of hydrogen-bond donors (Lipinski definition) is 0. The van der Waals surface area contributed by atoms with Crippen LogP contribution in [0.15, 0.2) is 85.1 Å². The Morgan fingerprint density at radius 3 is 0.955 bits per heavy atom. The Balaban J connectivity index is 4.41. The van der Waals surface area contributed by atoms with E-state index in [0.717, 1.165) is 103 Å². The highest BCUT2D eigenvalue weighted by molar-refractivity contribution is 5.71. The van der Waals surface area contributed by atoms with Crippen LogP contribution in [0.3, 0.4) is 0 Å². The minimum Gasteiger partial charge on any atom is -0.462 e. The molecule has 0 aliphatic heterocycles. The Labute approximate surface area is 414 Å². The molecule has 0 amide bonds. The van der Waals surface area contributed by atoms with E-state index in [9.17, 15) is 14.4 Å². The third kappa shape index (κ3) is 53.4. The molecule has 0 aliphatic rings. The van der Waals surface area contributed by atoms with E-state index in [1.54, 1.807) is 0 Å². The van der Waals surface area contributed by atoms with Crippen molar-refractivity contribution >= 4 is 17.9 Å². The van der Waals surface area contributed by atoms with Gasteiger partial charge in [0.2, 0.25) is 0 Å². The lowest BCUT2D eigenvalue weighted by molar-refractivity contribution is -0.167. The quantitative estimate of drug-likeness (QED) is 0.0262. The van der Waals surface area contributed by atoms with Crippen LogP contribution in [0.5, 0.6) is 0 Å². The third-order valence-electron chi connectivity index (χ3n) is 11.9.